The number of aromatic nitrogens is 4. The molecular formula is C61H34N4O2. The maximum atomic E-state index is 7.26. The average Bonchev–Trinajstić information content (AvgIpc) is 4.08. The topological polar surface area (TPSA) is 69.9 Å². The number of benzene rings is 11. The normalized spacial score (nSPS) is 12.2. The van der Waals surface area contributed by atoms with Crippen molar-refractivity contribution in [2.45, 2.75) is 0 Å². The van der Waals surface area contributed by atoms with Gasteiger partial charge in [0.15, 0.2) is 17.2 Å². The fourth-order valence-electron chi connectivity index (χ4n) is 10.9. The van der Waals surface area contributed by atoms with Crippen molar-refractivity contribution in [1.82, 2.24) is 19.5 Å². The van der Waals surface area contributed by atoms with Crippen molar-refractivity contribution in [1.29, 1.82) is 0 Å². The zero-order chi connectivity index (χ0) is 43.7. The Kier molecular flexibility index (Phi) is 7.40. The van der Waals surface area contributed by atoms with E-state index in [4.69, 9.17) is 23.8 Å². The van der Waals surface area contributed by atoms with Crippen LogP contribution in [0.3, 0.4) is 0 Å². The molecule has 0 aliphatic rings. The van der Waals surface area contributed by atoms with Crippen molar-refractivity contribution in [3.05, 3.63) is 206 Å². The number of nitrogens with zero attached hydrogens (tertiary/aromatic N) is 4. The van der Waals surface area contributed by atoms with Gasteiger partial charge < -0.3 is 8.83 Å². The van der Waals surface area contributed by atoms with Crippen molar-refractivity contribution in [3.8, 4) is 39.9 Å². The molecule has 0 saturated carbocycles. The van der Waals surface area contributed by atoms with Crippen LogP contribution in [0.15, 0.2) is 215 Å². The summed E-state index contributed by atoms with van der Waals surface area (Å²) in [4.78, 5) is 16.0. The van der Waals surface area contributed by atoms with Crippen LogP contribution in [0.2, 0.25) is 0 Å². The number of rotatable bonds is 4. The van der Waals surface area contributed by atoms with Gasteiger partial charge in [-0.05, 0) is 79.8 Å². The lowest BCUT2D eigenvalue weighted by atomic mass is 9.89. The van der Waals surface area contributed by atoms with Crippen LogP contribution < -0.4 is 0 Å². The van der Waals surface area contributed by atoms with Crippen molar-refractivity contribution in [3.63, 3.8) is 0 Å². The highest BCUT2D eigenvalue weighted by atomic mass is 16.3. The van der Waals surface area contributed by atoms with Crippen LogP contribution in [0.5, 0.6) is 0 Å². The largest absolute Gasteiger partial charge is 0.456 e. The number of para-hydroxylation sites is 1. The van der Waals surface area contributed by atoms with Crippen LogP contribution in [0.1, 0.15) is 0 Å². The monoisotopic (exact) mass is 854 g/mol. The summed E-state index contributed by atoms with van der Waals surface area (Å²) < 4.78 is 15.7. The summed E-state index contributed by atoms with van der Waals surface area (Å²) in [5.74, 6) is 1.68. The van der Waals surface area contributed by atoms with E-state index in [-0.39, 0.29) is 0 Å². The molecule has 15 rings (SSSR count). The molecule has 0 N–H and O–H groups in total. The quantitative estimate of drug-likeness (QED) is 0.165. The van der Waals surface area contributed by atoms with E-state index in [9.17, 15) is 0 Å². The summed E-state index contributed by atoms with van der Waals surface area (Å²) in [6.07, 6.45) is 0. The van der Waals surface area contributed by atoms with Crippen molar-refractivity contribution in [2.24, 2.45) is 0 Å². The van der Waals surface area contributed by atoms with E-state index in [1.807, 2.05) is 48.5 Å². The number of hydrogen-bond acceptors (Lipinski definition) is 5. The minimum atomic E-state index is 0.510. The highest BCUT2D eigenvalue weighted by Gasteiger charge is 2.27. The summed E-state index contributed by atoms with van der Waals surface area (Å²) in [6.45, 7) is 0. The van der Waals surface area contributed by atoms with Gasteiger partial charge in [-0.2, -0.15) is 9.97 Å². The van der Waals surface area contributed by atoms with Gasteiger partial charge in [0.05, 0.1) is 5.52 Å². The molecule has 0 bridgehead atoms. The fourth-order valence-corrected chi connectivity index (χ4v) is 10.9. The lowest BCUT2D eigenvalue weighted by Gasteiger charge is -2.17. The van der Waals surface area contributed by atoms with Crippen LogP contribution in [-0.4, -0.2) is 19.5 Å². The number of hydrogen-bond donors (Lipinski definition) is 0. The Morgan fingerprint density at radius 1 is 0.284 bits per heavy atom. The van der Waals surface area contributed by atoms with Gasteiger partial charge in [0.2, 0.25) is 5.95 Å². The molecule has 0 aliphatic heterocycles. The zero-order valence-electron chi connectivity index (χ0n) is 35.7. The molecule has 4 aromatic heterocycles. The van der Waals surface area contributed by atoms with Gasteiger partial charge in [0.25, 0.3) is 0 Å². The second kappa shape index (κ2) is 13.7. The molecule has 0 fully saturated rings. The van der Waals surface area contributed by atoms with Gasteiger partial charge in [-0.1, -0.05) is 170 Å². The van der Waals surface area contributed by atoms with E-state index >= 15 is 0 Å². The predicted octanol–water partition coefficient (Wildman–Crippen LogP) is 16.4. The fraction of sp³-hybridized carbons (Fsp3) is 0. The molecule has 0 saturated heterocycles. The first-order valence-corrected chi connectivity index (χ1v) is 22.6. The standard InChI is InChI=1S/C61H34N4O2/c1-3-15-35(16-4-1)59-62-60(36-17-5-2-6-18-36)64-61(63-59)65-56-48(54-46-25-12-11-24-45(46)53-43-22-9-7-19-39(43)40-20-8-10-23-44(40)55(53)57(54)65)31-30-47-42-29-27-38(34-52(42)67-58(47)56)37-28-32-51-49(33-37)41-21-13-14-26-50(41)66-51/h1-34H. The third kappa shape index (κ3) is 5.18. The van der Waals surface area contributed by atoms with E-state index < -0.39 is 0 Å². The molecule has 11 aromatic carbocycles. The molecule has 310 valence electrons. The van der Waals surface area contributed by atoms with Crippen molar-refractivity contribution in [2.75, 3.05) is 0 Å². The van der Waals surface area contributed by atoms with E-state index in [2.05, 4.69) is 162 Å². The lowest BCUT2D eigenvalue weighted by Crippen LogP contribution is -2.07. The maximum Gasteiger partial charge on any atom is 0.238 e. The van der Waals surface area contributed by atoms with E-state index in [0.717, 1.165) is 104 Å². The second-order valence-electron chi connectivity index (χ2n) is 17.4. The first-order chi connectivity index (χ1) is 33.2. The molecular weight excluding hydrogens is 821 g/mol. The molecule has 67 heavy (non-hydrogen) atoms. The van der Waals surface area contributed by atoms with E-state index in [1.165, 1.54) is 26.9 Å². The highest BCUT2D eigenvalue weighted by Crippen LogP contribution is 2.49. The second-order valence-corrected chi connectivity index (χ2v) is 17.4. The highest BCUT2D eigenvalue weighted by molar-refractivity contribution is 6.43. The van der Waals surface area contributed by atoms with Crippen LogP contribution in [-0.2, 0) is 0 Å². The molecule has 0 spiro atoms. The lowest BCUT2D eigenvalue weighted by molar-refractivity contribution is 0.669. The van der Waals surface area contributed by atoms with Crippen LogP contribution in [0.4, 0.5) is 0 Å². The van der Waals surface area contributed by atoms with E-state index in [0.29, 0.717) is 17.6 Å². The Morgan fingerprint density at radius 2 is 0.776 bits per heavy atom. The Morgan fingerprint density at radius 3 is 1.46 bits per heavy atom. The maximum absolute atomic E-state index is 7.26. The molecule has 0 unspecified atom stereocenters. The molecule has 0 atom stereocenters. The summed E-state index contributed by atoms with van der Waals surface area (Å²) in [6, 6.07) is 72.5. The summed E-state index contributed by atoms with van der Waals surface area (Å²) in [5.41, 5.74) is 9.18. The zero-order valence-corrected chi connectivity index (χ0v) is 35.7. The van der Waals surface area contributed by atoms with Crippen LogP contribution in [0, 0.1) is 0 Å². The smallest absolute Gasteiger partial charge is 0.238 e. The van der Waals surface area contributed by atoms with Gasteiger partial charge in [0.1, 0.15) is 22.3 Å². The Balaban J connectivity index is 1.12. The Hall–Kier alpha value is -9.13. The van der Waals surface area contributed by atoms with Gasteiger partial charge in [-0.3, -0.25) is 4.57 Å². The summed E-state index contributed by atoms with van der Waals surface area (Å²) in [7, 11) is 0. The predicted molar refractivity (Wildman–Crippen MR) is 275 cm³/mol. The molecule has 0 amide bonds. The van der Waals surface area contributed by atoms with Crippen LogP contribution >= 0.6 is 0 Å². The molecule has 6 heteroatoms. The molecule has 0 radical (unpaired) electrons. The molecule has 0 aliphatic carbocycles. The third-order valence-electron chi connectivity index (χ3n) is 13.8. The molecule has 6 nitrogen and oxygen atoms in total. The number of furan rings is 2. The summed E-state index contributed by atoms with van der Waals surface area (Å²) >= 11 is 0. The average molecular weight is 855 g/mol. The Bertz CT molecular complexity index is 4510. The third-order valence-corrected chi connectivity index (χ3v) is 13.8. The first-order valence-electron chi connectivity index (χ1n) is 22.6. The van der Waals surface area contributed by atoms with Crippen molar-refractivity contribution < 1.29 is 8.83 Å². The summed E-state index contributed by atoms with van der Waals surface area (Å²) in [5, 5.41) is 15.8. The Labute approximate surface area is 381 Å². The van der Waals surface area contributed by atoms with E-state index in [1.54, 1.807) is 0 Å². The first kappa shape index (κ1) is 36.2. The van der Waals surface area contributed by atoms with Crippen LogP contribution in [0.25, 0.3) is 149 Å². The minimum absolute atomic E-state index is 0.510. The van der Waals surface area contributed by atoms with Crippen molar-refractivity contribution >= 4 is 109 Å². The molecule has 4 heterocycles. The van der Waals surface area contributed by atoms with Gasteiger partial charge in [-0.15, -0.1) is 0 Å². The van der Waals surface area contributed by atoms with Gasteiger partial charge in [-0.25, -0.2) is 4.98 Å². The molecule has 15 aromatic rings. The minimum Gasteiger partial charge on any atom is -0.456 e. The van der Waals surface area contributed by atoms with Gasteiger partial charge in [0, 0.05) is 54.2 Å². The SMILES string of the molecule is c1ccc(-c2nc(-c3ccccc3)nc(-n3c4c(ccc5c6ccc(-c7ccc8oc9ccccc9c8c7)cc6oc54)c4c5ccccc5c5c6ccccc6c6ccccc6c5c43)n2)cc1. The number of fused-ring (bicyclic) bond motifs is 20. The van der Waals surface area contributed by atoms with Gasteiger partial charge >= 0.3 is 0 Å².